The summed E-state index contributed by atoms with van der Waals surface area (Å²) in [6, 6.07) is 4.43. The molecular weight excluding hydrogens is 270 g/mol. The van der Waals surface area contributed by atoms with E-state index in [1.165, 1.54) is 18.2 Å². The number of piperidine rings is 1. The van der Waals surface area contributed by atoms with E-state index in [9.17, 15) is 9.59 Å². The third kappa shape index (κ3) is 4.01. The first-order valence-corrected chi connectivity index (χ1v) is 7.07. The number of hydrogen-bond donors (Lipinski definition) is 2. The Bertz CT molecular complexity index is 537. The number of hydrogen-bond acceptors (Lipinski definition) is 4. The van der Waals surface area contributed by atoms with Crippen LogP contribution in [0.25, 0.3) is 0 Å². The van der Waals surface area contributed by atoms with Crippen LogP contribution in [0.3, 0.4) is 0 Å². The first-order chi connectivity index (χ1) is 9.89. The lowest BCUT2D eigenvalue weighted by molar-refractivity contribution is 0.0690. The maximum absolute atomic E-state index is 12.1. The first kappa shape index (κ1) is 15.4. The molecule has 0 aromatic carbocycles. The molecule has 1 aromatic rings. The van der Waals surface area contributed by atoms with Crippen LogP contribution in [0.1, 0.15) is 40.7 Å². The smallest absolute Gasteiger partial charge is 0.354 e. The maximum Gasteiger partial charge on any atom is 0.354 e. The van der Waals surface area contributed by atoms with E-state index in [0.717, 1.165) is 25.9 Å². The van der Waals surface area contributed by atoms with Gasteiger partial charge < -0.3 is 15.3 Å². The molecule has 6 heteroatoms. The highest BCUT2D eigenvalue weighted by Gasteiger charge is 2.29. The van der Waals surface area contributed by atoms with Crippen molar-refractivity contribution < 1.29 is 14.7 Å². The Kier molecular flexibility index (Phi) is 4.57. The Labute approximate surface area is 124 Å². The van der Waals surface area contributed by atoms with Crippen molar-refractivity contribution in [1.82, 2.24) is 15.2 Å². The van der Waals surface area contributed by atoms with Crippen LogP contribution in [-0.2, 0) is 0 Å². The second-order valence-corrected chi connectivity index (χ2v) is 6.01. The van der Waals surface area contributed by atoms with E-state index in [-0.39, 0.29) is 22.7 Å². The molecule has 0 bridgehead atoms. The van der Waals surface area contributed by atoms with Gasteiger partial charge in [0.2, 0.25) is 0 Å². The van der Waals surface area contributed by atoms with E-state index in [4.69, 9.17) is 5.11 Å². The largest absolute Gasteiger partial charge is 0.477 e. The minimum Gasteiger partial charge on any atom is -0.477 e. The number of carboxylic acids is 1. The number of amides is 1. The Morgan fingerprint density at radius 2 is 1.95 bits per heavy atom. The van der Waals surface area contributed by atoms with Crippen LogP contribution in [-0.4, -0.2) is 53.5 Å². The van der Waals surface area contributed by atoms with E-state index < -0.39 is 5.97 Å². The van der Waals surface area contributed by atoms with Crippen LogP contribution in [0.5, 0.6) is 0 Å². The van der Waals surface area contributed by atoms with Crippen LogP contribution in [0, 0.1) is 5.41 Å². The molecule has 0 atom stereocenters. The predicted octanol–water partition coefficient (Wildman–Crippen LogP) is 1.24. The summed E-state index contributed by atoms with van der Waals surface area (Å²) in [5.41, 5.74) is 0.117. The summed E-state index contributed by atoms with van der Waals surface area (Å²) < 4.78 is 0. The average molecular weight is 291 g/mol. The lowest BCUT2D eigenvalue weighted by Crippen LogP contribution is -2.43. The number of nitrogens with zero attached hydrogens (tertiary/aromatic N) is 2. The second kappa shape index (κ2) is 6.22. The molecule has 1 aromatic heterocycles. The van der Waals surface area contributed by atoms with Crippen molar-refractivity contribution in [2.75, 3.05) is 26.7 Å². The van der Waals surface area contributed by atoms with Gasteiger partial charge in [-0.05, 0) is 50.5 Å². The summed E-state index contributed by atoms with van der Waals surface area (Å²) in [6.45, 7) is 4.80. The summed E-state index contributed by atoms with van der Waals surface area (Å²) in [4.78, 5) is 29.1. The van der Waals surface area contributed by atoms with Gasteiger partial charge in [-0.15, -0.1) is 0 Å². The van der Waals surface area contributed by atoms with Gasteiger partial charge in [0.1, 0.15) is 11.4 Å². The molecule has 0 aliphatic carbocycles. The standard InChI is InChI=1S/C15H21N3O3/c1-15(6-8-18(2)9-7-15)10-16-13(19)11-4-3-5-12(17-11)14(20)21/h3-5H,6-10H2,1-2H3,(H,16,19)(H,20,21). The van der Waals surface area contributed by atoms with Crippen molar-refractivity contribution in [2.24, 2.45) is 5.41 Å². The molecule has 1 amide bonds. The van der Waals surface area contributed by atoms with E-state index in [1.807, 2.05) is 0 Å². The molecule has 114 valence electrons. The van der Waals surface area contributed by atoms with Crippen molar-refractivity contribution >= 4 is 11.9 Å². The van der Waals surface area contributed by atoms with Gasteiger partial charge in [0.25, 0.3) is 5.91 Å². The summed E-state index contributed by atoms with van der Waals surface area (Å²) in [6.07, 6.45) is 2.07. The fourth-order valence-electron chi connectivity index (χ4n) is 2.40. The number of aromatic carboxylic acids is 1. The minimum atomic E-state index is -1.13. The van der Waals surface area contributed by atoms with Crippen molar-refractivity contribution in [1.29, 1.82) is 0 Å². The highest BCUT2D eigenvalue weighted by molar-refractivity contribution is 5.94. The Hall–Kier alpha value is -1.95. The van der Waals surface area contributed by atoms with Gasteiger partial charge in [-0.2, -0.15) is 0 Å². The molecule has 1 saturated heterocycles. The van der Waals surface area contributed by atoms with Crippen molar-refractivity contribution in [3.05, 3.63) is 29.6 Å². The van der Waals surface area contributed by atoms with Gasteiger partial charge in [0.15, 0.2) is 0 Å². The normalized spacial score (nSPS) is 18.2. The van der Waals surface area contributed by atoms with Gasteiger partial charge in [-0.1, -0.05) is 13.0 Å². The summed E-state index contributed by atoms with van der Waals surface area (Å²) in [7, 11) is 2.10. The molecule has 1 aliphatic heterocycles. The number of aromatic nitrogens is 1. The molecule has 2 N–H and O–H groups in total. The van der Waals surface area contributed by atoms with Crippen LogP contribution in [0.2, 0.25) is 0 Å². The zero-order chi connectivity index (χ0) is 15.5. The van der Waals surface area contributed by atoms with E-state index in [1.54, 1.807) is 0 Å². The predicted molar refractivity (Wildman–Crippen MR) is 78.4 cm³/mol. The lowest BCUT2D eigenvalue weighted by Gasteiger charge is -2.37. The summed E-state index contributed by atoms with van der Waals surface area (Å²) >= 11 is 0. The molecular formula is C15H21N3O3. The van der Waals surface area contributed by atoms with E-state index >= 15 is 0 Å². The lowest BCUT2D eigenvalue weighted by atomic mass is 9.80. The van der Waals surface area contributed by atoms with Gasteiger partial charge >= 0.3 is 5.97 Å². The topological polar surface area (TPSA) is 82.5 Å². The molecule has 0 radical (unpaired) electrons. The SMILES string of the molecule is CN1CCC(C)(CNC(=O)c2cccc(C(=O)O)n2)CC1. The van der Waals surface area contributed by atoms with Gasteiger partial charge in [0, 0.05) is 6.54 Å². The number of rotatable bonds is 4. The van der Waals surface area contributed by atoms with Crippen molar-refractivity contribution in [2.45, 2.75) is 19.8 Å². The van der Waals surface area contributed by atoms with Crippen LogP contribution < -0.4 is 5.32 Å². The Balaban J connectivity index is 1.95. The zero-order valence-corrected chi connectivity index (χ0v) is 12.4. The first-order valence-electron chi connectivity index (χ1n) is 7.07. The molecule has 2 heterocycles. The highest BCUT2D eigenvalue weighted by atomic mass is 16.4. The fourth-order valence-corrected chi connectivity index (χ4v) is 2.40. The zero-order valence-electron chi connectivity index (χ0n) is 12.4. The number of carbonyl (C=O) groups excluding carboxylic acids is 1. The summed E-state index contributed by atoms with van der Waals surface area (Å²) in [5, 5.41) is 11.8. The Morgan fingerprint density at radius 1 is 1.33 bits per heavy atom. The van der Waals surface area contributed by atoms with E-state index in [2.05, 4.69) is 29.2 Å². The summed E-state index contributed by atoms with van der Waals surface area (Å²) in [5.74, 6) is -1.45. The second-order valence-electron chi connectivity index (χ2n) is 6.01. The van der Waals surface area contributed by atoms with Gasteiger partial charge in [0.05, 0.1) is 0 Å². The molecule has 1 fully saturated rings. The molecule has 2 rings (SSSR count). The molecule has 0 unspecified atom stereocenters. The number of nitrogens with one attached hydrogen (secondary N) is 1. The average Bonchev–Trinajstić information content (AvgIpc) is 2.48. The van der Waals surface area contributed by atoms with E-state index in [0.29, 0.717) is 6.54 Å². The molecule has 21 heavy (non-hydrogen) atoms. The minimum absolute atomic E-state index is 0.0899. The third-order valence-corrected chi connectivity index (χ3v) is 4.07. The third-order valence-electron chi connectivity index (χ3n) is 4.07. The van der Waals surface area contributed by atoms with Crippen LogP contribution in [0.15, 0.2) is 18.2 Å². The quantitative estimate of drug-likeness (QED) is 0.872. The number of likely N-dealkylation sites (tertiary alicyclic amines) is 1. The van der Waals surface area contributed by atoms with Crippen molar-refractivity contribution in [3.63, 3.8) is 0 Å². The highest BCUT2D eigenvalue weighted by Crippen LogP contribution is 2.29. The van der Waals surface area contributed by atoms with Crippen molar-refractivity contribution in [3.8, 4) is 0 Å². The van der Waals surface area contributed by atoms with Crippen LogP contribution in [0.4, 0.5) is 0 Å². The number of pyridine rings is 1. The van der Waals surface area contributed by atoms with Gasteiger partial charge in [-0.3, -0.25) is 4.79 Å². The molecule has 0 saturated carbocycles. The van der Waals surface area contributed by atoms with Crippen LogP contribution >= 0.6 is 0 Å². The monoisotopic (exact) mass is 291 g/mol. The number of carbonyl (C=O) groups is 2. The maximum atomic E-state index is 12.1. The fraction of sp³-hybridized carbons (Fsp3) is 0.533. The molecule has 6 nitrogen and oxygen atoms in total. The molecule has 1 aliphatic rings. The molecule has 0 spiro atoms. The van der Waals surface area contributed by atoms with Gasteiger partial charge in [-0.25, -0.2) is 9.78 Å². The Morgan fingerprint density at radius 3 is 2.57 bits per heavy atom. The number of carboxylic acid groups (broad SMARTS) is 1.